The third-order valence-electron chi connectivity index (χ3n) is 2.54. The Hall–Kier alpha value is -1.11. The summed E-state index contributed by atoms with van der Waals surface area (Å²) >= 11 is 0. The lowest BCUT2D eigenvalue weighted by molar-refractivity contribution is 0.171. The van der Waals surface area contributed by atoms with E-state index in [1.807, 2.05) is 24.3 Å². The molecule has 0 bridgehead atoms. The number of benzene rings is 1. The van der Waals surface area contributed by atoms with Gasteiger partial charge in [0.1, 0.15) is 6.10 Å². The first-order valence-corrected chi connectivity index (χ1v) is 5.93. The summed E-state index contributed by atoms with van der Waals surface area (Å²) in [4.78, 5) is 0. The van der Waals surface area contributed by atoms with E-state index in [1.54, 1.807) is 0 Å². The summed E-state index contributed by atoms with van der Waals surface area (Å²) in [5.74, 6) is 0. The quantitative estimate of drug-likeness (QED) is 0.704. The Morgan fingerprint density at radius 2 is 2.07 bits per heavy atom. The van der Waals surface area contributed by atoms with Gasteiger partial charge < -0.3 is 5.32 Å². The van der Waals surface area contributed by atoms with E-state index in [2.05, 4.69) is 5.32 Å². The van der Waals surface area contributed by atoms with Gasteiger partial charge in [0.2, 0.25) is 0 Å². The molecular formula is C9H9NO4S. The Morgan fingerprint density at radius 1 is 1.27 bits per heavy atom. The predicted molar refractivity (Wildman–Crippen MR) is 52.4 cm³/mol. The molecule has 1 saturated heterocycles. The van der Waals surface area contributed by atoms with Crippen molar-refractivity contribution in [1.82, 2.24) is 0 Å². The standard InChI is InChI=1S/C9H9NO4S/c11-15(12)13-8-5-6-3-1-2-4-7(6)10-9(8)14-15/h1-4,8-10H,5H2. The highest BCUT2D eigenvalue weighted by atomic mass is 32.3. The van der Waals surface area contributed by atoms with Crippen molar-refractivity contribution in [1.29, 1.82) is 0 Å². The largest absolute Gasteiger partial charge is 0.402 e. The van der Waals surface area contributed by atoms with Crippen LogP contribution in [0.2, 0.25) is 0 Å². The third kappa shape index (κ3) is 1.50. The fourth-order valence-electron chi connectivity index (χ4n) is 1.88. The van der Waals surface area contributed by atoms with Gasteiger partial charge >= 0.3 is 10.4 Å². The van der Waals surface area contributed by atoms with Gasteiger partial charge in [-0.1, -0.05) is 18.2 Å². The number of nitrogens with one attached hydrogen (secondary N) is 1. The number of rotatable bonds is 0. The van der Waals surface area contributed by atoms with Crippen molar-refractivity contribution in [3.05, 3.63) is 29.8 Å². The minimum atomic E-state index is -3.81. The lowest BCUT2D eigenvalue weighted by Crippen LogP contribution is -2.36. The molecule has 0 aliphatic carbocycles. The van der Waals surface area contributed by atoms with Crippen LogP contribution in [0, 0.1) is 0 Å². The molecule has 1 fully saturated rings. The fourth-order valence-corrected chi connectivity index (χ4v) is 2.82. The molecule has 0 amide bonds. The maximum atomic E-state index is 11.1. The zero-order valence-corrected chi connectivity index (χ0v) is 8.53. The molecule has 0 spiro atoms. The Labute approximate surface area is 87.3 Å². The maximum Gasteiger partial charge on any atom is 0.402 e. The highest BCUT2D eigenvalue weighted by molar-refractivity contribution is 7.82. The number of hydrogen-bond acceptors (Lipinski definition) is 5. The summed E-state index contributed by atoms with van der Waals surface area (Å²) in [7, 11) is -3.81. The van der Waals surface area contributed by atoms with Crippen molar-refractivity contribution < 1.29 is 16.8 Å². The second kappa shape index (κ2) is 2.94. The summed E-state index contributed by atoms with van der Waals surface area (Å²) in [5, 5.41) is 2.99. The summed E-state index contributed by atoms with van der Waals surface area (Å²) in [6.45, 7) is 0. The molecule has 0 radical (unpaired) electrons. The van der Waals surface area contributed by atoms with Crippen molar-refractivity contribution in [2.75, 3.05) is 5.32 Å². The Balaban J connectivity index is 1.97. The van der Waals surface area contributed by atoms with Gasteiger partial charge in [0, 0.05) is 12.1 Å². The second-order valence-electron chi connectivity index (χ2n) is 3.57. The summed E-state index contributed by atoms with van der Waals surface area (Å²) in [6.07, 6.45) is -0.498. The van der Waals surface area contributed by atoms with Crippen LogP contribution in [0.5, 0.6) is 0 Å². The molecule has 5 nitrogen and oxygen atoms in total. The molecule has 0 saturated carbocycles. The normalized spacial score (nSPS) is 31.5. The molecule has 2 atom stereocenters. The molecule has 80 valence electrons. The highest BCUT2D eigenvalue weighted by Gasteiger charge is 2.42. The Kier molecular flexibility index (Phi) is 1.79. The van der Waals surface area contributed by atoms with Crippen LogP contribution in [0.3, 0.4) is 0 Å². The van der Waals surface area contributed by atoms with Crippen molar-refractivity contribution in [2.24, 2.45) is 0 Å². The number of hydrogen-bond donors (Lipinski definition) is 1. The molecule has 15 heavy (non-hydrogen) atoms. The zero-order valence-electron chi connectivity index (χ0n) is 7.71. The van der Waals surface area contributed by atoms with E-state index < -0.39 is 22.7 Å². The van der Waals surface area contributed by atoms with Crippen molar-refractivity contribution >= 4 is 16.1 Å². The minimum absolute atomic E-state index is 0.454. The predicted octanol–water partition coefficient (Wildman–Crippen LogP) is 0.641. The minimum Gasteiger partial charge on any atom is -0.357 e. The van der Waals surface area contributed by atoms with Gasteiger partial charge in [0.05, 0.1) is 0 Å². The van der Waals surface area contributed by atoms with Gasteiger partial charge in [0.15, 0.2) is 6.23 Å². The Morgan fingerprint density at radius 3 is 2.93 bits per heavy atom. The molecule has 2 aliphatic heterocycles. The lowest BCUT2D eigenvalue weighted by Gasteiger charge is -2.25. The van der Waals surface area contributed by atoms with Gasteiger partial charge in [-0.05, 0) is 11.6 Å². The molecular weight excluding hydrogens is 218 g/mol. The smallest absolute Gasteiger partial charge is 0.357 e. The number of fused-ring (bicyclic) bond motifs is 2. The first kappa shape index (κ1) is 9.14. The third-order valence-corrected chi connectivity index (χ3v) is 3.46. The average molecular weight is 227 g/mol. The van der Waals surface area contributed by atoms with E-state index >= 15 is 0 Å². The average Bonchev–Trinajstić information content (AvgIpc) is 2.46. The van der Waals surface area contributed by atoms with Crippen LogP contribution in [0.1, 0.15) is 5.56 Å². The lowest BCUT2D eigenvalue weighted by atomic mass is 10.0. The van der Waals surface area contributed by atoms with Crippen molar-refractivity contribution in [3.8, 4) is 0 Å². The molecule has 2 aliphatic rings. The first-order valence-electron chi connectivity index (χ1n) is 4.60. The second-order valence-corrected chi connectivity index (χ2v) is 4.77. The van der Waals surface area contributed by atoms with Crippen LogP contribution in [0.4, 0.5) is 5.69 Å². The van der Waals surface area contributed by atoms with E-state index in [0.29, 0.717) is 6.42 Å². The zero-order chi connectivity index (χ0) is 10.5. The number of anilines is 1. The number of para-hydroxylation sites is 1. The van der Waals surface area contributed by atoms with Crippen LogP contribution in [-0.4, -0.2) is 20.7 Å². The highest BCUT2D eigenvalue weighted by Crippen LogP contribution is 2.32. The first-order chi connectivity index (χ1) is 7.14. The van der Waals surface area contributed by atoms with E-state index in [9.17, 15) is 8.42 Å². The summed E-state index contributed by atoms with van der Waals surface area (Å²) in [6, 6.07) is 7.62. The molecule has 1 aromatic carbocycles. The van der Waals surface area contributed by atoms with Gasteiger partial charge in [-0.2, -0.15) is 8.42 Å². The molecule has 2 unspecified atom stereocenters. The van der Waals surface area contributed by atoms with Crippen molar-refractivity contribution in [2.45, 2.75) is 18.8 Å². The van der Waals surface area contributed by atoms with Gasteiger partial charge in [-0.25, -0.2) is 8.37 Å². The molecule has 1 N–H and O–H groups in total. The van der Waals surface area contributed by atoms with Crippen LogP contribution in [0.15, 0.2) is 24.3 Å². The van der Waals surface area contributed by atoms with E-state index in [-0.39, 0.29) is 0 Å². The van der Waals surface area contributed by atoms with Gasteiger partial charge in [-0.15, -0.1) is 0 Å². The van der Waals surface area contributed by atoms with Gasteiger partial charge in [-0.3, -0.25) is 0 Å². The summed E-state index contributed by atoms with van der Waals surface area (Å²) in [5.41, 5.74) is 1.94. The molecule has 2 heterocycles. The SMILES string of the molecule is O=S1(=O)OC2Cc3ccccc3NC2O1. The van der Waals surface area contributed by atoms with Crippen molar-refractivity contribution in [3.63, 3.8) is 0 Å². The van der Waals surface area contributed by atoms with Crippen LogP contribution >= 0.6 is 0 Å². The Bertz CT molecular complexity index is 460. The monoisotopic (exact) mass is 227 g/mol. The van der Waals surface area contributed by atoms with E-state index in [1.165, 1.54) is 0 Å². The van der Waals surface area contributed by atoms with Crippen LogP contribution in [0.25, 0.3) is 0 Å². The molecule has 6 heteroatoms. The van der Waals surface area contributed by atoms with E-state index in [0.717, 1.165) is 11.3 Å². The molecule has 3 rings (SSSR count). The molecule has 1 aromatic rings. The van der Waals surface area contributed by atoms with E-state index in [4.69, 9.17) is 8.37 Å². The fraction of sp³-hybridized carbons (Fsp3) is 0.333. The van der Waals surface area contributed by atoms with Gasteiger partial charge in [0.25, 0.3) is 0 Å². The van der Waals surface area contributed by atoms with Crippen LogP contribution < -0.4 is 5.32 Å². The topological polar surface area (TPSA) is 64.6 Å². The maximum absolute atomic E-state index is 11.1. The van der Waals surface area contributed by atoms with Crippen LogP contribution in [-0.2, 0) is 25.2 Å². The summed E-state index contributed by atoms with van der Waals surface area (Å²) < 4.78 is 31.7. The molecule has 0 aromatic heterocycles.